The fourth-order valence-corrected chi connectivity index (χ4v) is 4.48. The first-order valence-corrected chi connectivity index (χ1v) is 10.3. The molecule has 1 fully saturated rings. The molecule has 2 unspecified atom stereocenters. The number of nitrogens with one attached hydrogen (secondary N) is 2. The Labute approximate surface area is 151 Å². The quantitative estimate of drug-likeness (QED) is 0.429. The van der Waals surface area contributed by atoms with Crippen LogP contribution in [0.4, 0.5) is 0 Å². The van der Waals surface area contributed by atoms with Crippen molar-refractivity contribution in [3.63, 3.8) is 0 Å². The minimum Gasteiger partial charge on any atom is -0.356 e. The van der Waals surface area contributed by atoms with Crippen LogP contribution < -0.4 is 10.6 Å². The first-order valence-electron chi connectivity index (χ1n) is 9.29. The van der Waals surface area contributed by atoms with Gasteiger partial charge in [-0.15, -0.1) is 0 Å². The summed E-state index contributed by atoms with van der Waals surface area (Å²) in [6.45, 7) is 6.32. The number of aryl methyl sites for hydroxylation is 2. The van der Waals surface area contributed by atoms with Crippen molar-refractivity contribution in [2.75, 3.05) is 19.3 Å². The van der Waals surface area contributed by atoms with Crippen molar-refractivity contribution < 1.29 is 0 Å². The van der Waals surface area contributed by atoms with Crippen LogP contribution in [-0.2, 0) is 6.54 Å². The average Bonchev–Trinajstić information content (AvgIpc) is 2.99. The maximum absolute atomic E-state index is 4.39. The molecule has 1 aliphatic rings. The van der Waals surface area contributed by atoms with Crippen LogP contribution in [0.5, 0.6) is 0 Å². The lowest BCUT2D eigenvalue weighted by Crippen LogP contribution is -2.46. The van der Waals surface area contributed by atoms with Gasteiger partial charge in [-0.1, -0.05) is 13.3 Å². The van der Waals surface area contributed by atoms with Gasteiger partial charge in [0.15, 0.2) is 5.96 Å². The number of nitrogens with zero attached hydrogens (tertiary/aromatic N) is 3. The van der Waals surface area contributed by atoms with Gasteiger partial charge in [0.05, 0.1) is 0 Å². The van der Waals surface area contributed by atoms with Gasteiger partial charge in [-0.2, -0.15) is 11.8 Å². The Morgan fingerprint density at radius 1 is 1.42 bits per heavy atom. The number of thioether (sulfide) groups is 1. The zero-order chi connectivity index (χ0) is 17.2. The van der Waals surface area contributed by atoms with Crippen molar-refractivity contribution in [1.82, 2.24) is 20.2 Å². The van der Waals surface area contributed by atoms with E-state index in [1.807, 2.05) is 13.2 Å². The Morgan fingerprint density at radius 2 is 2.29 bits per heavy atom. The van der Waals surface area contributed by atoms with Crippen LogP contribution in [0, 0.1) is 6.92 Å². The van der Waals surface area contributed by atoms with E-state index in [4.69, 9.17) is 0 Å². The lowest BCUT2D eigenvalue weighted by Gasteiger charge is -2.30. The number of imidazole rings is 1. The molecule has 5 nitrogen and oxygen atoms in total. The van der Waals surface area contributed by atoms with Crippen molar-refractivity contribution in [3.8, 4) is 0 Å². The van der Waals surface area contributed by atoms with Gasteiger partial charge in [0, 0.05) is 43.8 Å². The average molecular weight is 352 g/mol. The zero-order valence-electron chi connectivity index (χ0n) is 15.4. The molecule has 1 aromatic rings. The molecule has 2 atom stereocenters. The van der Waals surface area contributed by atoms with Crippen LogP contribution in [-0.4, -0.2) is 46.1 Å². The highest BCUT2D eigenvalue weighted by Crippen LogP contribution is 2.28. The minimum atomic E-state index is 0.572. The predicted octanol–water partition coefficient (Wildman–Crippen LogP) is 3.20. The predicted molar refractivity (Wildman–Crippen MR) is 105 cm³/mol. The van der Waals surface area contributed by atoms with Gasteiger partial charge in [0.1, 0.15) is 5.82 Å². The van der Waals surface area contributed by atoms with Crippen LogP contribution in [0.3, 0.4) is 0 Å². The molecule has 0 bridgehead atoms. The largest absolute Gasteiger partial charge is 0.356 e. The van der Waals surface area contributed by atoms with Crippen LogP contribution >= 0.6 is 11.8 Å². The van der Waals surface area contributed by atoms with Crippen molar-refractivity contribution >= 4 is 17.7 Å². The maximum Gasteiger partial charge on any atom is 0.191 e. The molecule has 1 heterocycles. The molecular formula is C18H33N5S. The second-order valence-electron chi connectivity index (χ2n) is 6.46. The first-order chi connectivity index (χ1) is 11.7. The molecule has 1 aliphatic carbocycles. The third kappa shape index (κ3) is 6.38. The summed E-state index contributed by atoms with van der Waals surface area (Å²) in [5, 5.41) is 7.90. The van der Waals surface area contributed by atoms with Gasteiger partial charge < -0.3 is 15.2 Å². The molecule has 6 heteroatoms. The summed E-state index contributed by atoms with van der Waals surface area (Å²) in [6, 6.07) is 0.572. The molecule has 0 aliphatic heterocycles. The minimum absolute atomic E-state index is 0.572. The number of guanidine groups is 1. The van der Waals surface area contributed by atoms with Crippen LogP contribution in [0.2, 0.25) is 0 Å². The second-order valence-corrected chi connectivity index (χ2v) is 8.04. The van der Waals surface area contributed by atoms with Gasteiger partial charge >= 0.3 is 0 Å². The number of hydrogen-bond donors (Lipinski definition) is 2. The summed E-state index contributed by atoms with van der Waals surface area (Å²) in [5.41, 5.74) is 0. The van der Waals surface area contributed by atoms with Crippen molar-refractivity contribution in [2.24, 2.45) is 4.99 Å². The molecule has 136 valence electrons. The van der Waals surface area contributed by atoms with E-state index < -0.39 is 0 Å². The van der Waals surface area contributed by atoms with Crippen LogP contribution in [0.25, 0.3) is 0 Å². The number of unbranched alkanes of at least 4 members (excludes halogenated alkanes) is 1. The summed E-state index contributed by atoms with van der Waals surface area (Å²) >= 11 is 2.11. The monoisotopic (exact) mass is 351 g/mol. The van der Waals surface area contributed by atoms with Crippen LogP contribution in [0.15, 0.2) is 17.4 Å². The Hall–Kier alpha value is -1.17. The van der Waals surface area contributed by atoms with Gasteiger partial charge in [0.2, 0.25) is 0 Å². The van der Waals surface area contributed by atoms with E-state index in [9.17, 15) is 0 Å². The standard InChI is InChI=1S/C18H33N5S/c1-4-24-17-9-7-8-16(14-17)22-18(19-3)21-10-5-6-12-23-13-11-20-15(23)2/h11,13,16-17H,4-10,12,14H2,1-3H3,(H2,19,21,22). The second kappa shape index (κ2) is 10.6. The highest BCUT2D eigenvalue weighted by atomic mass is 32.2. The molecular weight excluding hydrogens is 318 g/mol. The lowest BCUT2D eigenvalue weighted by atomic mass is 9.95. The third-order valence-corrected chi connectivity index (χ3v) is 5.87. The summed E-state index contributed by atoms with van der Waals surface area (Å²) in [5.74, 6) is 3.28. The fraction of sp³-hybridized carbons (Fsp3) is 0.778. The fourth-order valence-electron chi connectivity index (χ4n) is 3.31. The van der Waals surface area contributed by atoms with Gasteiger partial charge in [-0.3, -0.25) is 4.99 Å². The Kier molecular flexibility index (Phi) is 8.50. The molecule has 0 amide bonds. The topological polar surface area (TPSA) is 54.2 Å². The van der Waals surface area contributed by atoms with Gasteiger partial charge in [-0.05, 0) is 44.8 Å². The molecule has 2 rings (SSSR count). The summed E-state index contributed by atoms with van der Waals surface area (Å²) in [7, 11) is 1.87. The van der Waals surface area contributed by atoms with E-state index in [1.165, 1.54) is 31.4 Å². The molecule has 0 radical (unpaired) electrons. The molecule has 0 saturated heterocycles. The summed E-state index contributed by atoms with van der Waals surface area (Å²) in [4.78, 5) is 8.64. The number of rotatable bonds is 8. The highest BCUT2D eigenvalue weighted by Gasteiger charge is 2.22. The number of hydrogen-bond acceptors (Lipinski definition) is 3. The molecule has 1 saturated carbocycles. The van der Waals surface area contributed by atoms with E-state index >= 15 is 0 Å². The van der Waals surface area contributed by atoms with E-state index in [0.29, 0.717) is 6.04 Å². The van der Waals surface area contributed by atoms with E-state index in [1.54, 1.807) is 0 Å². The molecule has 24 heavy (non-hydrogen) atoms. The highest BCUT2D eigenvalue weighted by molar-refractivity contribution is 7.99. The Balaban J connectivity index is 1.62. The SMILES string of the molecule is CCSC1CCCC(NC(=NC)NCCCCn2ccnc2C)C1. The van der Waals surface area contributed by atoms with Gasteiger partial charge in [-0.25, -0.2) is 4.98 Å². The summed E-state index contributed by atoms with van der Waals surface area (Å²) in [6.07, 6.45) is 11.4. The van der Waals surface area contributed by atoms with Crippen LogP contribution in [0.1, 0.15) is 51.3 Å². The number of aromatic nitrogens is 2. The van der Waals surface area contributed by atoms with Crippen molar-refractivity contribution in [1.29, 1.82) is 0 Å². The van der Waals surface area contributed by atoms with E-state index in [2.05, 4.69) is 57.0 Å². The van der Waals surface area contributed by atoms with Crippen molar-refractivity contribution in [2.45, 2.75) is 70.2 Å². The molecule has 0 spiro atoms. The zero-order valence-corrected chi connectivity index (χ0v) is 16.2. The molecule has 1 aromatic heterocycles. The van der Waals surface area contributed by atoms with Crippen molar-refractivity contribution in [3.05, 3.63) is 18.2 Å². The van der Waals surface area contributed by atoms with Gasteiger partial charge in [0.25, 0.3) is 0 Å². The normalized spacial score (nSPS) is 21.7. The van der Waals surface area contributed by atoms with E-state index in [-0.39, 0.29) is 0 Å². The first kappa shape index (κ1) is 19.2. The number of aliphatic imine (C=N–C) groups is 1. The smallest absolute Gasteiger partial charge is 0.191 e. The Bertz CT molecular complexity index is 497. The molecule has 2 N–H and O–H groups in total. The maximum atomic E-state index is 4.39. The summed E-state index contributed by atoms with van der Waals surface area (Å²) < 4.78 is 2.21. The molecule has 0 aromatic carbocycles. The van der Waals surface area contributed by atoms with E-state index in [0.717, 1.165) is 43.0 Å². The Morgan fingerprint density at radius 3 is 3.00 bits per heavy atom. The lowest BCUT2D eigenvalue weighted by molar-refractivity contribution is 0.418. The third-order valence-electron chi connectivity index (χ3n) is 4.63.